The van der Waals surface area contributed by atoms with Crippen LogP contribution in [0.25, 0.3) is 0 Å². The average Bonchev–Trinajstić information content (AvgIpc) is 3.43. The number of amides is 3. The molecule has 0 bridgehead atoms. The van der Waals surface area contributed by atoms with Crippen molar-refractivity contribution in [2.75, 3.05) is 48.3 Å². The molecule has 2 N–H and O–H groups in total. The highest BCUT2D eigenvalue weighted by Crippen LogP contribution is 2.43. The molecule has 0 unspecified atom stereocenters. The number of carbonyl (C=O) groups is 2. The summed E-state index contributed by atoms with van der Waals surface area (Å²) in [6, 6.07) is 19.7. The first-order valence-electron chi connectivity index (χ1n) is 12.9. The van der Waals surface area contributed by atoms with Gasteiger partial charge in [-0.15, -0.1) is 0 Å². The van der Waals surface area contributed by atoms with Crippen molar-refractivity contribution in [1.82, 2.24) is 4.90 Å². The van der Waals surface area contributed by atoms with E-state index in [4.69, 9.17) is 16.3 Å². The Labute approximate surface area is 236 Å². The lowest BCUT2D eigenvalue weighted by Gasteiger charge is -2.36. The molecule has 0 aliphatic carbocycles. The summed E-state index contributed by atoms with van der Waals surface area (Å²) in [7, 11) is 0. The minimum absolute atomic E-state index is 0.0244. The fraction of sp³-hybridized carbons (Fsp3) is 0.310. The third-order valence-corrected chi connectivity index (χ3v) is 7.80. The quantitative estimate of drug-likeness (QED) is 0.333. The van der Waals surface area contributed by atoms with Gasteiger partial charge in [0, 0.05) is 56.0 Å². The molecule has 5 rings (SSSR count). The Morgan fingerprint density at radius 2 is 1.71 bits per heavy atom. The summed E-state index contributed by atoms with van der Waals surface area (Å²) in [4.78, 5) is 29.4. The molecule has 38 heavy (non-hydrogen) atoms. The summed E-state index contributed by atoms with van der Waals surface area (Å²) in [5.41, 5.74) is 4.67. The highest BCUT2D eigenvalue weighted by atomic mass is 79.9. The number of hydrogen-bond acceptors (Lipinski definition) is 4. The van der Waals surface area contributed by atoms with E-state index in [0.717, 1.165) is 40.0 Å². The number of nitrogens with zero attached hydrogens (tertiary/aromatic N) is 2. The van der Waals surface area contributed by atoms with Gasteiger partial charge in [-0.05, 0) is 64.7 Å². The second-order valence-corrected chi connectivity index (χ2v) is 10.7. The Balaban J connectivity index is 1.09. The molecule has 2 heterocycles. The second-order valence-electron chi connectivity index (χ2n) is 9.46. The van der Waals surface area contributed by atoms with Crippen molar-refractivity contribution in [3.05, 3.63) is 81.3 Å². The molecule has 1 fully saturated rings. The number of rotatable bonds is 7. The summed E-state index contributed by atoms with van der Waals surface area (Å²) < 4.78 is 6.48. The molecule has 0 saturated carbocycles. The largest absolute Gasteiger partial charge is 0.492 e. The predicted octanol–water partition coefficient (Wildman–Crippen LogP) is 6.35. The van der Waals surface area contributed by atoms with Crippen LogP contribution in [0.2, 0.25) is 5.02 Å². The van der Waals surface area contributed by atoms with Crippen LogP contribution in [0, 0.1) is 0 Å². The van der Waals surface area contributed by atoms with E-state index in [-0.39, 0.29) is 11.9 Å². The van der Waals surface area contributed by atoms with Gasteiger partial charge in [0.05, 0.1) is 21.8 Å². The van der Waals surface area contributed by atoms with Gasteiger partial charge in [0.25, 0.3) is 0 Å². The number of nitrogens with one attached hydrogen (secondary N) is 2. The number of benzene rings is 3. The number of anilines is 3. The maximum absolute atomic E-state index is 13.0. The first kappa shape index (κ1) is 26.4. The molecule has 1 saturated heterocycles. The molecular weight excluding hydrogens is 568 g/mol. The molecule has 0 spiro atoms. The second kappa shape index (κ2) is 12.1. The Hall–Kier alpha value is -3.23. The summed E-state index contributed by atoms with van der Waals surface area (Å²) in [5, 5.41) is 6.49. The number of ether oxygens (including phenoxy) is 1. The van der Waals surface area contributed by atoms with Crippen molar-refractivity contribution < 1.29 is 14.3 Å². The van der Waals surface area contributed by atoms with Crippen LogP contribution in [0.1, 0.15) is 24.0 Å². The molecule has 198 valence electrons. The molecule has 0 atom stereocenters. The van der Waals surface area contributed by atoms with Crippen LogP contribution in [-0.4, -0.2) is 49.6 Å². The van der Waals surface area contributed by atoms with Crippen molar-refractivity contribution in [3.63, 3.8) is 0 Å². The van der Waals surface area contributed by atoms with Gasteiger partial charge < -0.3 is 25.2 Å². The first-order chi connectivity index (χ1) is 18.5. The molecule has 0 aromatic heterocycles. The maximum atomic E-state index is 13.0. The summed E-state index contributed by atoms with van der Waals surface area (Å²) in [6.45, 7) is 3.20. The van der Waals surface area contributed by atoms with Gasteiger partial charge in [0.2, 0.25) is 5.91 Å². The minimum atomic E-state index is -0.159. The van der Waals surface area contributed by atoms with Gasteiger partial charge in [-0.3, -0.25) is 4.79 Å². The van der Waals surface area contributed by atoms with Crippen molar-refractivity contribution in [3.8, 4) is 5.75 Å². The lowest BCUT2D eigenvalue weighted by atomic mass is 10.1. The van der Waals surface area contributed by atoms with E-state index in [1.807, 2.05) is 42.5 Å². The standard InChI is InChI=1S/C29H30BrClN4O3/c30-24-19-25(31)27(23-13-18-38-28(23)24)33-29(37)35-16-14-34(15-17-35)22-11-9-21(10-12-22)32-26(36)8-4-7-20-5-2-1-3-6-20/h1-3,5-6,9-12,19H,4,7-8,13-18H2,(H,32,36)(H,33,37). The fourth-order valence-corrected chi connectivity index (χ4v) is 5.85. The molecule has 3 aromatic rings. The van der Waals surface area contributed by atoms with Crippen LogP contribution in [-0.2, 0) is 17.6 Å². The molecule has 2 aliphatic heterocycles. The van der Waals surface area contributed by atoms with Crippen LogP contribution < -0.4 is 20.3 Å². The Morgan fingerprint density at radius 3 is 2.45 bits per heavy atom. The zero-order valence-electron chi connectivity index (χ0n) is 21.0. The van der Waals surface area contributed by atoms with Crippen LogP contribution in [0.4, 0.5) is 21.9 Å². The number of urea groups is 1. The number of hydrogen-bond donors (Lipinski definition) is 2. The van der Waals surface area contributed by atoms with E-state index in [9.17, 15) is 9.59 Å². The van der Waals surface area contributed by atoms with E-state index in [0.29, 0.717) is 56.3 Å². The van der Waals surface area contributed by atoms with Crippen molar-refractivity contribution >= 4 is 56.5 Å². The van der Waals surface area contributed by atoms with Gasteiger partial charge in [-0.1, -0.05) is 41.9 Å². The zero-order chi connectivity index (χ0) is 26.5. The van der Waals surface area contributed by atoms with Crippen molar-refractivity contribution in [2.24, 2.45) is 0 Å². The lowest BCUT2D eigenvalue weighted by molar-refractivity contribution is -0.116. The third-order valence-electron chi connectivity index (χ3n) is 6.91. The molecule has 0 radical (unpaired) electrons. The number of piperazine rings is 1. The zero-order valence-corrected chi connectivity index (χ0v) is 23.4. The number of aryl methyl sites for hydroxylation is 1. The summed E-state index contributed by atoms with van der Waals surface area (Å²) >= 11 is 9.92. The maximum Gasteiger partial charge on any atom is 0.322 e. The van der Waals surface area contributed by atoms with Crippen LogP contribution in [0.5, 0.6) is 5.75 Å². The lowest BCUT2D eigenvalue weighted by Crippen LogP contribution is -2.50. The Morgan fingerprint density at radius 1 is 0.974 bits per heavy atom. The van der Waals surface area contributed by atoms with Gasteiger partial charge >= 0.3 is 6.03 Å². The summed E-state index contributed by atoms with van der Waals surface area (Å²) in [6.07, 6.45) is 2.91. The van der Waals surface area contributed by atoms with E-state index in [1.54, 1.807) is 11.0 Å². The average molecular weight is 598 g/mol. The van der Waals surface area contributed by atoms with Crippen molar-refractivity contribution in [2.45, 2.75) is 25.7 Å². The van der Waals surface area contributed by atoms with E-state index < -0.39 is 0 Å². The summed E-state index contributed by atoms with van der Waals surface area (Å²) in [5.74, 6) is 0.776. The smallest absolute Gasteiger partial charge is 0.322 e. The fourth-order valence-electron chi connectivity index (χ4n) is 4.87. The molecule has 3 aromatic carbocycles. The van der Waals surface area contributed by atoms with E-state index in [2.05, 4.69) is 43.6 Å². The number of halogens is 2. The Bertz CT molecular complexity index is 1300. The van der Waals surface area contributed by atoms with E-state index in [1.165, 1.54) is 5.56 Å². The molecule has 9 heteroatoms. The molecule has 3 amide bonds. The van der Waals surface area contributed by atoms with Gasteiger partial charge in [0.15, 0.2) is 0 Å². The third kappa shape index (κ3) is 6.25. The van der Waals surface area contributed by atoms with Crippen LogP contribution >= 0.6 is 27.5 Å². The molecular formula is C29H30BrClN4O3. The highest BCUT2D eigenvalue weighted by molar-refractivity contribution is 9.10. The normalized spacial score (nSPS) is 14.6. The first-order valence-corrected chi connectivity index (χ1v) is 14.0. The predicted molar refractivity (Wildman–Crippen MR) is 156 cm³/mol. The monoisotopic (exact) mass is 596 g/mol. The Kier molecular flexibility index (Phi) is 8.39. The topological polar surface area (TPSA) is 73.9 Å². The van der Waals surface area contributed by atoms with E-state index >= 15 is 0 Å². The van der Waals surface area contributed by atoms with Crippen molar-refractivity contribution in [1.29, 1.82) is 0 Å². The molecule has 2 aliphatic rings. The SMILES string of the molecule is O=C(CCCc1ccccc1)Nc1ccc(N2CCN(C(=O)Nc3c(Cl)cc(Br)c4c3CCO4)CC2)cc1. The number of carbonyl (C=O) groups excluding carboxylic acids is 2. The van der Waals surface area contributed by atoms with Crippen LogP contribution in [0.3, 0.4) is 0 Å². The van der Waals surface area contributed by atoms with Gasteiger partial charge in [0.1, 0.15) is 5.75 Å². The highest BCUT2D eigenvalue weighted by Gasteiger charge is 2.26. The van der Waals surface area contributed by atoms with Gasteiger partial charge in [-0.2, -0.15) is 0 Å². The van der Waals surface area contributed by atoms with Gasteiger partial charge in [-0.25, -0.2) is 4.79 Å². The number of fused-ring (bicyclic) bond motifs is 1. The van der Waals surface area contributed by atoms with Crippen LogP contribution in [0.15, 0.2) is 65.1 Å². The minimum Gasteiger partial charge on any atom is -0.492 e. The molecule has 7 nitrogen and oxygen atoms in total.